The molecule has 108 valence electrons. The first-order valence-electron chi connectivity index (χ1n) is 6.54. The van der Waals surface area contributed by atoms with Crippen LogP contribution in [0.15, 0.2) is 40.9 Å². The van der Waals surface area contributed by atoms with E-state index < -0.39 is 5.82 Å². The van der Waals surface area contributed by atoms with Gasteiger partial charge in [0.15, 0.2) is 17.3 Å². The highest BCUT2D eigenvalue weighted by molar-refractivity contribution is 9.10. The number of hydrogen-bond donors (Lipinski definition) is 0. The molecule has 1 aliphatic rings. The van der Waals surface area contributed by atoms with Crippen LogP contribution in [0.4, 0.5) is 4.39 Å². The molecule has 0 bridgehead atoms. The van der Waals surface area contributed by atoms with E-state index in [1.807, 2.05) is 0 Å². The molecule has 2 aromatic carbocycles. The molecule has 0 aliphatic carbocycles. The number of ether oxygens (including phenoxy) is 2. The van der Waals surface area contributed by atoms with E-state index in [1.54, 1.807) is 18.2 Å². The van der Waals surface area contributed by atoms with E-state index in [9.17, 15) is 9.18 Å². The van der Waals surface area contributed by atoms with Gasteiger partial charge >= 0.3 is 0 Å². The first-order valence-corrected chi connectivity index (χ1v) is 7.34. The molecule has 5 heteroatoms. The van der Waals surface area contributed by atoms with Crippen molar-refractivity contribution < 1.29 is 18.7 Å². The van der Waals surface area contributed by atoms with Crippen molar-refractivity contribution in [3.05, 3.63) is 57.8 Å². The number of ketones is 1. The van der Waals surface area contributed by atoms with E-state index >= 15 is 0 Å². The molecule has 0 radical (unpaired) electrons. The average Bonchev–Trinajstić information content (AvgIpc) is 2.73. The van der Waals surface area contributed by atoms with Gasteiger partial charge in [0.25, 0.3) is 0 Å². The molecule has 0 saturated carbocycles. The van der Waals surface area contributed by atoms with Crippen LogP contribution in [0.2, 0.25) is 0 Å². The summed E-state index contributed by atoms with van der Waals surface area (Å²) in [5, 5.41) is 0. The van der Waals surface area contributed by atoms with Gasteiger partial charge in [0.2, 0.25) is 0 Å². The molecule has 0 saturated heterocycles. The van der Waals surface area contributed by atoms with Crippen LogP contribution in [0.1, 0.15) is 22.3 Å². The molecule has 0 atom stereocenters. The number of rotatable bonds is 2. The summed E-state index contributed by atoms with van der Waals surface area (Å²) in [5.41, 5.74) is 0.718. The van der Waals surface area contributed by atoms with Crippen molar-refractivity contribution in [2.75, 3.05) is 13.2 Å². The van der Waals surface area contributed by atoms with Crippen molar-refractivity contribution in [3.63, 3.8) is 0 Å². The van der Waals surface area contributed by atoms with Crippen molar-refractivity contribution in [3.8, 4) is 11.5 Å². The molecule has 0 unspecified atom stereocenters. The van der Waals surface area contributed by atoms with Crippen LogP contribution >= 0.6 is 15.9 Å². The Hall–Kier alpha value is -1.88. The number of halogens is 2. The molecule has 0 fully saturated rings. The predicted octanol–water partition coefficient (Wildman–Crippen LogP) is 3.98. The molecule has 3 rings (SSSR count). The fourth-order valence-electron chi connectivity index (χ4n) is 2.13. The van der Waals surface area contributed by atoms with Crippen molar-refractivity contribution in [2.45, 2.75) is 6.42 Å². The van der Waals surface area contributed by atoms with Crippen LogP contribution in [0.5, 0.6) is 11.5 Å². The second-order valence-corrected chi connectivity index (χ2v) is 5.52. The second kappa shape index (κ2) is 5.85. The topological polar surface area (TPSA) is 35.5 Å². The lowest BCUT2D eigenvalue weighted by Gasteiger charge is -2.09. The number of fused-ring (bicyclic) bond motifs is 1. The molecule has 0 spiro atoms. The SMILES string of the molecule is O=C(c1ccc2c(c1)OCCCO2)c1cc(F)ccc1Br. The minimum Gasteiger partial charge on any atom is -0.490 e. The lowest BCUT2D eigenvalue weighted by molar-refractivity contribution is 0.103. The van der Waals surface area contributed by atoms with Crippen molar-refractivity contribution in [2.24, 2.45) is 0 Å². The summed E-state index contributed by atoms with van der Waals surface area (Å²) < 4.78 is 25.0. The van der Waals surface area contributed by atoms with Crippen LogP contribution in [-0.2, 0) is 0 Å². The largest absolute Gasteiger partial charge is 0.490 e. The van der Waals surface area contributed by atoms with Crippen LogP contribution in [0, 0.1) is 5.82 Å². The van der Waals surface area contributed by atoms with Crippen LogP contribution in [0.25, 0.3) is 0 Å². The van der Waals surface area contributed by atoms with Gasteiger partial charge in [-0.05, 0) is 36.4 Å². The minimum atomic E-state index is -0.448. The Morgan fingerprint density at radius 2 is 1.81 bits per heavy atom. The highest BCUT2D eigenvalue weighted by Crippen LogP contribution is 2.32. The summed E-state index contributed by atoms with van der Waals surface area (Å²) in [7, 11) is 0. The van der Waals surface area contributed by atoms with Gasteiger partial charge in [-0.15, -0.1) is 0 Å². The van der Waals surface area contributed by atoms with Gasteiger partial charge in [0.1, 0.15) is 5.82 Å². The molecular weight excluding hydrogens is 339 g/mol. The molecule has 0 aromatic heterocycles. The molecule has 2 aromatic rings. The fraction of sp³-hybridized carbons (Fsp3) is 0.188. The van der Waals surface area contributed by atoms with Gasteiger partial charge in [-0.1, -0.05) is 15.9 Å². The summed E-state index contributed by atoms with van der Waals surface area (Å²) in [4.78, 5) is 12.5. The van der Waals surface area contributed by atoms with E-state index in [4.69, 9.17) is 9.47 Å². The van der Waals surface area contributed by atoms with E-state index in [0.29, 0.717) is 34.7 Å². The van der Waals surface area contributed by atoms with Gasteiger partial charge in [0, 0.05) is 22.0 Å². The summed E-state index contributed by atoms with van der Waals surface area (Å²) in [5.74, 6) is 0.459. The fourth-order valence-corrected chi connectivity index (χ4v) is 2.56. The zero-order chi connectivity index (χ0) is 14.8. The highest BCUT2D eigenvalue weighted by atomic mass is 79.9. The van der Waals surface area contributed by atoms with E-state index in [0.717, 1.165) is 6.42 Å². The predicted molar refractivity (Wildman–Crippen MR) is 79.6 cm³/mol. The Labute approximate surface area is 129 Å². The van der Waals surface area contributed by atoms with Crippen molar-refractivity contribution in [1.82, 2.24) is 0 Å². The third-order valence-corrected chi connectivity index (χ3v) is 3.87. The Kier molecular flexibility index (Phi) is 3.92. The number of carbonyl (C=O) groups is 1. The maximum absolute atomic E-state index is 13.3. The van der Waals surface area contributed by atoms with Gasteiger partial charge in [-0.2, -0.15) is 0 Å². The maximum atomic E-state index is 13.3. The molecule has 0 amide bonds. The standard InChI is InChI=1S/C16H12BrFO3/c17-13-4-3-11(18)9-12(13)16(19)10-2-5-14-15(8-10)21-7-1-6-20-14/h2-5,8-9H,1,6-7H2. The maximum Gasteiger partial charge on any atom is 0.194 e. The normalized spacial score (nSPS) is 13.6. The summed E-state index contributed by atoms with van der Waals surface area (Å²) in [6.45, 7) is 1.14. The molecule has 21 heavy (non-hydrogen) atoms. The highest BCUT2D eigenvalue weighted by Gasteiger charge is 2.17. The zero-order valence-corrected chi connectivity index (χ0v) is 12.7. The third-order valence-electron chi connectivity index (χ3n) is 3.18. The lowest BCUT2D eigenvalue weighted by Crippen LogP contribution is -2.04. The Bertz CT molecular complexity index is 700. The number of benzene rings is 2. The Morgan fingerprint density at radius 3 is 2.62 bits per heavy atom. The zero-order valence-electron chi connectivity index (χ0n) is 11.1. The average molecular weight is 351 g/mol. The second-order valence-electron chi connectivity index (χ2n) is 4.67. The van der Waals surface area contributed by atoms with Gasteiger partial charge in [-0.25, -0.2) is 4.39 Å². The summed E-state index contributed by atoms with van der Waals surface area (Å²) in [6.07, 6.45) is 0.799. The molecule has 1 heterocycles. The van der Waals surface area contributed by atoms with Crippen molar-refractivity contribution >= 4 is 21.7 Å². The molecule has 3 nitrogen and oxygen atoms in total. The van der Waals surface area contributed by atoms with E-state index in [-0.39, 0.29) is 11.3 Å². The Morgan fingerprint density at radius 1 is 1.05 bits per heavy atom. The van der Waals surface area contributed by atoms with Crippen LogP contribution in [0.3, 0.4) is 0 Å². The molecule has 0 N–H and O–H groups in total. The van der Waals surface area contributed by atoms with Crippen LogP contribution in [-0.4, -0.2) is 19.0 Å². The third kappa shape index (κ3) is 2.93. The van der Waals surface area contributed by atoms with Crippen LogP contribution < -0.4 is 9.47 Å². The lowest BCUT2D eigenvalue weighted by atomic mass is 10.0. The number of hydrogen-bond acceptors (Lipinski definition) is 3. The van der Waals surface area contributed by atoms with E-state index in [1.165, 1.54) is 18.2 Å². The smallest absolute Gasteiger partial charge is 0.194 e. The summed E-state index contributed by atoms with van der Waals surface area (Å²) >= 11 is 3.27. The number of carbonyl (C=O) groups excluding carboxylic acids is 1. The molecular formula is C16H12BrFO3. The quantitative estimate of drug-likeness (QED) is 0.768. The minimum absolute atomic E-state index is 0.267. The van der Waals surface area contributed by atoms with Gasteiger partial charge < -0.3 is 9.47 Å². The summed E-state index contributed by atoms with van der Waals surface area (Å²) in [6, 6.07) is 9.05. The van der Waals surface area contributed by atoms with E-state index in [2.05, 4.69) is 15.9 Å². The monoisotopic (exact) mass is 350 g/mol. The van der Waals surface area contributed by atoms with Crippen molar-refractivity contribution in [1.29, 1.82) is 0 Å². The van der Waals surface area contributed by atoms with Gasteiger partial charge in [-0.3, -0.25) is 4.79 Å². The first kappa shape index (κ1) is 14.1. The first-order chi connectivity index (χ1) is 10.1. The Balaban J connectivity index is 1.98. The molecule has 1 aliphatic heterocycles. The van der Waals surface area contributed by atoms with Gasteiger partial charge in [0.05, 0.1) is 13.2 Å².